The van der Waals surface area contributed by atoms with Crippen molar-refractivity contribution in [1.82, 2.24) is 15.8 Å². The summed E-state index contributed by atoms with van der Waals surface area (Å²) >= 11 is 0. The maximum Gasteiger partial charge on any atom is 0.237 e. The molecule has 1 rings (SSSR count). The predicted octanol–water partition coefficient (Wildman–Crippen LogP) is 1.77. The van der Waals surface area contributed by atoms with E-state index in [1.807, 2.05) is 19.9 Å². The lowest BCUT2D eigenvalue weighted by Crippen LogP contribution is -2.45. The van der Waals surface area contributed by atoms with E-state index in [0.717, 1.165) is 24.3 Å². The molecule has 102 valence electrons. The zero-order valence-corrected chi connectivity index (χ0v) is 11.6. The second-order valence-corrected chi connectivity index (χ2v) is 4.56. The van der Waals surface area contributed by atoms with Gasteiger partial charge in [-0.05, 0) is 26.7 Å². The van der Waals surface area contributed by atoms with Crippen molar-refractivity contribution in [1.29, 1.82) is 0 Å². The molecule has 0 radical (unpaired) electrons. The van der Waals surface area contributed by atoms with E-state index in [2.05, 4.69) is 29.6 Å². The fraction of sp³-hybridized carbons (Fsp3) is 0.692. The fourth-order valence-electron chi connectivity index (χ4n) is 1.66. The van der Waals surface area contributed by atoms with Gasteiger partial charge >= 0.3 is 0 Å². The van der Waals surface area contributed by atoms with E-state index in [-0.39, 0.29) is 18.0 Å². The van der Waals surface area contributed by atoms with Crippen molar-refractivity contribution in [3.63, 3.8) is 0 Å². The van der Waals surface area contributed by atoms with E-state index < -0.39 is 0 Å². The number of hydrogen-bond donors (Lipinski definition) is 2. The third-order valence-electron chi connectivity index (χ3n) is 2.98. The van der Waals surface area contributed by atoms with Crippen molar-refractivity contribution < 1.29 is 9.32 Å². The Kier molecular flexibility index (Phi) is 5.85. The van der Waals surface area contributed by atoms with E-state index in [1.54, 1.807) is 0 Å². The van der Waals surface area contributed by atoms with E-state index in [4.69, 9.17) is 4.52 Å². The van der Waals surface area contributed by atoms with Gasteiger partial charge in [-0.15, -0.1) is 0 Å². The van der Waals surface area contributed by atoms with Gasteiger partial charge in [-0.3, -0.25) is 10.1 Å². The number of aryl methyl sites for hydroxylation is 1. The highest BCUT2D eigenvalue weighted by atomic mass is 16.5. The van der Waals surface area contributed by atoms with Crippen LogP contribution >= 0.6 is 0 Å². The van der Waals surface area contributed by atoms with Crippen molar-refractivity contribution in [3.8, 4) is 0 Å². The van der Waals surface area contributed by atoms with Gasteiger partial charge in [0.25, 0.3) is 0 Å². The monoisotopic (exact) mass is 253 g/mol. The molecule has 18 heavy (non-hydrogen) atoms. The Balaban J connectivity index is 2.35. The molecule has 0 saturated heterocycles. The van der Waals surface area contributed by atoms with Gasteiger partial charge in [-0.2, -0.15) is 0 Å². The Morgan fingerprint density at radius 1 is 1.44 bits per heavy atom. The molecule has 1 heterocycles. The summed E-state index contributed by atoms with van der Waals surface area (Å²) in [6.07, 6.45) is 1.91. The summed E-state index contributed by atoms with van der Waals surface area (Å²) in [4.78, 5) is 11.9. The fourth-order valence-corrected chi connectivity index (χ4v) is 1.66. The lowest BCUT2D eigenvalue weighted by Gasteiger charge is -2.18. The number of aromatic nitrogens is 1. The predicted molar refractivity (Wildman–Crippen MR) is 70.1 cm³/mol. The van der Waals surface area contributed by atoms with E-state index in [0.29, 0.717) is 6.54 Å². The molecule has 0 saturated carbocycles. The largest absolute Gasteiger partial charge is 0.360 e. The van der Waals surface area contributed by atoms with E-state index in [9.17, 15) is 4.79 Å². The van der Waals surface area contributed by atoms with Crippen molar-refractivity contribution in [2.45, 2.75) is 59.2 Å². The molecule has 0 aliphatic carbocycles. The third kappa shape index (κ3) is 4.49. The summed E-state index contributed by atoms with van der Waals surface area (Å²) in [7, 11) is 0. The summed E-state index contributed by atoms with van der Waals surface area (Å²) < 4.78 is 5.07. The molecule has 0 aliphatic heterocycles. The van der Waals surface area contributed by atoms with E-state index >= 15 is 0 Å². The van der Waals surface area contributed by atoms with Crippen LogP contribution in [0.15, 0.2) is 10.6 Å². The molecule has 0 bridgehead atoms. The lowest BCUT2D eigenvalue weighted by atomic mass is 10.1. The molecular formula is C13H23N3O2. The lowest BCUT2D eigenvalue weighted by molar-refractivity contribution is -0.123. The highest BCUT2D eigenvalue weighted by molar-refractivity contribution is 5.81. The number of nitrogens with one attached hydrogen (secondary N) is 2. The van der Waals surface area contributed by atoms with Crippen LogP contribution in [0.2, 0.25) is 0 Å². The first-order valence-corrected chi connectivity index (χ1v) is 6.52. The van der Waals surface area contributed by atoms with Crippen LogP contribution in [0.3, 0.4) is 0 Å². The summed E-state index contributed by atoms with van der Waals surface area (Å²) in [6, 6.07) is 1.88. The molecule has 0 aromatic carbocycles. The first-order valence-electron chi connectivity index (χ1n) is 6.52. The third-order valence-corrected chi connectivity index (χ3v) is 2.98. The Hall–Kier alpha value is -1.36. The summed E-state index contributed by atoms with van der Waals surface area (Å²) in [6.45, 7) is 8.38. The molecule has 1 aromatic rings. The minimum atomic E-state index is -0.240. The quantitative estimate of drug-likeness (QED) is 0.777. The standard InChI is InChI=1S/C13H23N3O2/c1-5-11(6-2)15-13(17)10(4)14-8-12-7-9(3)16-18-12/h7,10-11,14H,5-6,8H2,1-4H3,(H,15,17). The molecule has 1 amide bonds. The van der Waals surface area contributed by atoms with Gasteiger partial charge in [0.05, 0.1) is 18.3 Å². The van der Waals surface area contributed by atoms with Gasteiger partial charge in [0, 0.05) is 12.1 Å². The van der Waals surface area contributed by atoms with Crippen LogP contribution in [0.25, 0.3) is 0 Å². The molecule has 0 aliphatic rings. The Morgan fingerprint density at radius 3 is 2.61 bits per heavy atom. The van der Waals surface area contributed by atoms with Gasteiger partial charge < -0.3 is 9.84 Å². The van der Waals surface area contributed by atoms with Gasteiger partial charge in [0.2, 0.25) is 5.91 Å². The summed E-state index contributed by atoms with van der Waals surface area (Å²) in [5, 5.41) is 9.93. The molecule has 2 N–H and O–H groups in total. The van der Waals surface area contributed by atoms with Crippen LogP contribution in [0, 0.1) is 6.92 Å². The van der Waals surface area contributed by atoms with E-state index in [1.165, 1.54) is 0 Å². The van der Waals surface area contributed by atoms with Crippen LogP contribution in [-0.4, -0.2) is 23.1 Å². The average molecular weight is 253 g/mol. The van der Waals surface area contributed by atoms with Crippen molar-refractivity contribution in [2.75, 3.05) is 0 Å². The minimum absolute atomic E-state index is 0.0277. The molecule has 5 heteroatoms. The second-order valence-electron chi connectivity index (χ2n) is 4.56. The molecule has 1 atom stereocenters. The van der Waals surface area contributed by atoms with Crippen molar-refractivity contribution in [2.24, 2.45) is 0 Å². The molecule has 0 fully saturated rings. The first kappa shape index (κ1) is 14.7. The molecule has 5 nitrogen and oxygen atoms in total. The number of amides is 1. The van der Waals surface area contributed by atoms with Crippen LogP contribution < -0.4 is 10.6 Å². The summed E-state index contributed by atoms with van der Waals surface area (Å²) in [5.41, 5.74) is 0.848. The summed E-state index contributed by atoms with van der Waals surface area (Å²) in [5.74, 6) is 0.773. The average Bonchev–Trinajstić information content (AvgIpc) is 2.78. The Bertz CT molecular complexity index is 372. The SMILES string of the molecule is CCC(CC)NC(=O)C(C)NCc1cc(C)no1. The van der Waals surface area contributed by atoms with Crippen LogP contribution in [0.5, 0.6) is 0 Å². The van der Waals surface area contributed by atoms with Gasteiger partial charge in [0.1, 0.15) is 0 Å². The maximum absolute atomic E-state index is 11.9. The zero-order valence-electron chi connectivity index (χ0n) is 11.6. The van der Waals surface area contributed by atoms with Gasteiger partial charge in [-0.1, -0.05) is 19.0 Å². The van der Waals surface area contributed by atoms with Crippen molar-refractivity contribution in [3.05, 3.63) is 17.5 Å². The van der Waals surface area contributed by atoms with Gasteiger partial charge in [-0.25, -0.2) is 0 Å². The van der Waals surface area contributed by atoms with Gasteiger partial charge in [0.15, 0.2) is 5.76 Å². The molecule has 1 unspecified atom stereocenters. The number of hydrogen-bond acceptors (Lipinski definition) is 4. The Morgan fingerprint density at radius 2 is 2.11 bits per heavy atom. The molecular weight excluding hydrogens is 230 g/mol. The number of carbonyl (C=O) groups is 1. The zero-order chi connectivity index (χ0) is 13.5. The smallest absolute Gasteiger partial charge is 0.237 e. The number of carbonyl (C=O) groups excluding carboxylic acids is 1. The van der Waals surface area contributed by atoms with Crippen LogP contribution in [-0.2, 0) is 11.3 Å². The molecule has 0 spiro atoms. The molecule has 1 aromatic heterocycles. The second kappa shape index (κ2) is 7.16. The van der Waals surface area contributed by atoms with Crippen molar-refractivity contribution >= 4 is 5.91 Å². The number of nitrogens with zero attached hydrogens (tertiary/aromatic N) is 1. The highest BCUT2D eigenvalue weighted by Crippen LogP contribution is 2.02. The minimum Gasteiger partial charge on any atom is -0.360 e. The number of rotatable bonds is 7. The highest BCUT2D eigenvalue weighted by Gasteiger charge is 2.15. The maximum atomic E-state index is 11.9. The normalized spacial score (nSPS) is 12.7. The first-order chi connectivity index (χ1) is 8.56. The topological polar surface area (TPSA) is 67.2 Å². The Labute approximate surface area is 108 Å². The van der Waals surface area contributed by atoms with Crippen LogP contribution in [0.1, 0.15) is 45.1 Å². The van der Waals surface area contributed by atoms with Crippen LogP contribution in [0.4, 0.5) is 0 Å².